The summed E-state index contributed by atoms with van der Waals surface area (Å²) in [6.07, 6.45) is -0.463. The standard InChI is InChI=1S/C17H19BrO3/c1-11-8-14(12(2)19)5-7-16(11)21-10-13-4-6-17(20-3)15(18)9-13/h4-9,12,19H,10H2,1-3H3/t12-/m1/s1. The maximum atomic E-state index is 9.57. The first-order valence-electron chi connectivity index (χ1n) is 6.75. The summed E-state index contributed by atoms with van der Waals surface area (Å²) < 4.78 is 12.0. The maximum Gasteiger partial charge on any atom is 0.133 e. The third kappa shape index (κ3) is 3.99. The maximum absolute atomic E-state index is 9.57. The summed E-state index contributed by atoms with van der Waals surface area (Å²) in [6.45, 7) is 4.22. The fourth-order valence-electron chi connectivity index (χ4n) is 2.06. The quantitative estimate of drug-likeness (QED) is 0.868. The van der Waals surface area contributed by atoms with Gasteiger partial charge in [0.05, 0.1) is 17.7 Å². The molecular formula is C17H19BrO3. The van der Waals surface area contributed by atoms with Crippen LogP contribution in [0.15, 0.2) is 40.9 Å². The molecule has 0 saturated carbocycles. The summed E-state index contributed by atoms with van der Waals surface area (Å²) in [4.78, 5) is 0. The van der Waals surface area contributed by atoms with E-state index < -0.39 is 6.10 Å². The van der Waals surface area contributed by atoms with Crippen LogP contribution in [0.25, 0.3) is 0 Å². The summed E-state index contributed by atoms with van der Waals surface area (Å²) in [5.41, 5.74) is 2.97. The molecule has 0 aliphatic rings. The van der Waals surface area contributed by atoms with Crippen molar-refractivity contribution in [2.24, 2.45) is 0 Å². The van der Waals surface area contributed by atoms with Crippen LogP contribution < -0.4 is 9.47 Å². The third-order valence-electron chi connectivity index (χ3n) is 3.29. The highest BCUT2D eigenvalue weighted by atomic mass is 79.9. The third-order valence-corrected chi connectivity index (χ3v) is 3.91. The number of hydrogen-bond acceptors (Lipinski definition) is 3. The summed E-state index contributed by atoms with van der Waals surface area (Å²) in [5, 5.41) is 9.57. The van der Waals surface area contributed by atoms with Gasteiger partial charge in [-0.05, 0) is 70.7 Å². The molecule has 0 amide bonds. The Bertz CT molecular complexity index is 623. The average molecular weight is 351 g/mol. The number of aliphatic hydroxyl groups excluding tert-OH is 1. The number of benzene rings is 2. The minimum absolute atomic E-state index is 0.463. The van der Waals surface area contributed by atoms with E-state index in [2.05, 4.69) is 15.9 Å². The Balaban J connectivity index is 2.08. The lowest BCUT2D eigenvalue weighted by Crippen LogP contribution is -1.99. The fourth-order valence-corrected chi connectivity index (χ4v) is 2.64. The minimum atomic E-state index is -0.463. The average Bonchev–Trinajstić information content (AvgIpc) is 2.46. The number of hydrogen-bond donors (Lipinski definition) is 1. The highest BCUT2D eigenvalue weighted by Gasteiger charge is 2.06. The number of ether oxygens (including phenoxy) is 2. The molecule has 2 rings (SSSR count). The largest absolute Gasteiger partial charge is 0.496 e. The van der Waals surface area contributed by atoms with E-state index in [0.29, 0.717) is 6.61 Å². The van der Waals surface area contributed by atoms with Gasteiger partial charge in [-0.25, -0.2) is 0 Å². The van der Waals surface area contributed by atoms with Crippen molar-refractivity contribution in [1.29, 1.82) is 0 Å². The van der Waals surface area contributed by atoms with Crippen LogP contribution >= 0.6 is 15.9 Å². The van der Waals surface area contributed by atoms with Crippen LogP contribution in [0.3, 0.4) is 0 Å². The van der Waals surface area contributed by atoms with Gasteiger partial charge in [-0.3, -0.25) is 0 Å². The van der Waals surface area contributed by atoms with E-state index in [1.54, 1.807) is 14.0 Å². The van der Waals surface area contributed by atoms with Gasteiger partial charge in [0.1, 0.15) is 18.1 Å². The van der Waals surface area contributed by atoms with Crippen LogP contribution in [0.2, 0.25) is 0 Å². The summed E-state index contributed by atoms with van der Waals surface area (Å²) in [6, 6.07) is 11.6. The summed E-state index contributed by atoms with van der Waals surface area (Å²) in [5.74, 6) is 1.63. The molecule has 112 valence electrons. The van der Waals surface area contributed by atoms with Crippen molar-refractivity contribution in [3.63, 3.8) is 0 Å². The van der Waals surface area contributed by atoms with Gasteiger partial charge in [0.25, 0.3) is 0 Å². The number of halogens is 1. The predicted octanol–water partition coefficient (Wildman–Crippen LogP) is 4.40. The molecule has 2 aromatic carbocycles. The zero-order valence-electron chi connectivity index (χ0n) is 12.4. The molecule has 0 bridgehead atoms. The molecule has 2 aromatic rings. The van der Waals surface area contributed by atoms with E-state index in [-0.39, 0.29) is 0 Å². The zero-order valence-corrected chi connectivity index (χ0v) is 14.0. The lowest BCUT2D eigenvalue weighted by Gasteiger charge is -2.12. The van der Waals surface area contributed by atoms with Crippen molar-refractivity contribution in [3.05, 3.63) is 57.6 Å². The van der Waals surface area contributed by atoms with Crippen molar-refractivity contribution in [2.75, 3.05) is 7.11 Å². The zero-order chi connectivity index (χ0) is 15.4. The molecule has 3 nitrogen and oxygen atoms in total. The van der Waals surface area contributed by atoms with Gasteiger partial charge in [0.15, 0.2) is 0 Å². The monoisotopic (exact) mass is 350 g/mol. The lowest BCUT2D eigenvalue weighted by molar-refractivity contribution is 0.199. The first-order valence-corrected chi connectivity index (χ1v) is 7.54. The molecular weight excluding hydrogens is 332 g/mol. The topological polar surface area (TPSA) is 38.7 Å². The highest BCUT2D eigenvalue weighted by molar-refractivity contribution is 9.10. The van der Waals surface area contributed by atoms with Gasteiger partial charge in [0.2, 0.25) is 0 Å². The summed E-state index contributed by atoms with van der Waals surface area (Å²) >= 11 is 3.47. The van der Waals surface area contributed by atoms with Crippen LogP contribution in [0.4, 0.5) is 0 Å². The van der Waals surface area contributed by atoms with E-state index in [4.69, 9.17) is 9.47 Å². The first-order chi connectivity index (χ1) is 10.0. The second kappa shape index (κ2) is 6.96. The van der Waals surface area contributed by atoms with Gasteiger partial charge in [-0.2, -0.15) is 0 Å². The predicted molar refractivity (Wildman–Crippen MR) is 86.8 cm³/mol. The Morgan fingerprint density at radius 2 is 1.86 bits per heavy atom. The van der Waals surface area contributed by atoms with Gasteiger partial charge >= 0.3 is 0 Å². The molecule has 0 aliphatic carbocycles. The number of aliphatic hydroxyl groups is 1. The van der Waals surface area contributed by atoms with E-state index in [1.165, 1.54) is 0 Å². The fraction of sp³-hybridized carbons (Fsp3) is 0.294. The molecule has 21 heavy (non-hydrogen) atoms. The smallest absolute Gasteiger partial charge is 0.133 e. The van der Waals surface area contributed by atoms with E-state index in [0.717, 1.165) is 32.7 Å². The molecule has 0 spiro atoms. The Morgan fingerprint density at radius 3 is 2.43 bits per heavy atom. The Morgan fingerprint density at radius 1 is 1.14 bits per heavy atom. The van der Waals surface area contributed by atoms with E-state index in [9.17, 15) is 5.11 Å². The Kier molecular flexibility index (Phi) is 5.26. The molecule has 0 heterocycles. The number of aryl methyl sites for hydroxylation is 1. The van der Waals surface area contributed by atoms with Crippen LogP contribution in [0.5, 0.6) is 11.5 Å². The van der Waals surface area contributed by atoms with Crippen molar-refractivity contribution in [3.8, 4) is 11.5 Å². The van der Waals surface area contributed by atoms with Crippen molar-refractivity contribution < 1.29 is 14.6 Å². The Hall–Kier alpha value is -1.52. The van der Waals surface area contributed by atoms with Gasteiger partial charge in [-0.1, -0.05) is 12.1 Å². The molecule has 0 fully saturated rings. The molecule has 4 heteroatoms. The molecule has 0 aromatic heterocycles. The first kappa shape index (κ1) is 15.9. The summed E-state index contributed by atoms with van der Waals surface area (Å²) in [7, 11) is 1.64. The second-order valence-corrected chi connectivity index (χ2v) is 5.81. The molecule has 1 atom stereocenters. The van der Waals surface area contributed by atoms with Crippen LogP contribution in [0.1, 0.15) is 29.7 Å². The van der Waals surface area contributed by atoms with E-state index >= 15 is 0 Å². The van der Waals surface area contributed by atoms with Gasteiger partial charge in [0, 0.05) is 0 Å². The minimum Gasteiger partial charge on any atom is -0.496 e. The van der Waals surface area contributed by atoms with Crippen molar-refractivity contribution in [2.45, 2.75) is 26.6 Å². The molecule has 0 radical (unpaired) electrons. The second-order valence-electron chi connectivity index (χ2n) is 4.96. The van der Waals surface area contributed by atoms with Crippen LogP contribution in [-0.4, -0.2) is 12.2 Å². The molecule has 0 aliphatic heterocycles. The molecule has 1 N–H and O–H groups in total. The van der Waals surface area contributed by atoms with Crippen molar-refractivity contribution in [1.82, 2.24) is 0 Å². The van der Waals surface area contributed by atoms with Crippen LogP contribution in [-0.2, 0) is 6.61 Å². The van der Waals surface area contributed by atoms with Gasteiger partial charge in [-0.15, -0.1) is 0 Å². The molecule has 0 saturated heterocycles. The Labute approximate surface area is 133 Å². The molecule has 0 unspecified atom stereocenters. The number of rotatable bonds is 5. The normalized spacial score (nSPS) is 12.0. The highest BCUT2D eigenvalue weighted by Crippen LogP contribution is 2.27. The number of methoxy groups -OCH3 is 1. The van der Waals surface area contributed by atoms with Crippen molar-refractivity contribution >= 4 is 15.9 Å². The van der Waals surface area contributed by atoms with Gasteiger partial charge < -0.3 is 14.6 Å². The lowest BCUT2D eigenvalue weighted by atomic mass is 10.1. The van der Waals surface area contributed by atoms with E-state index in [1.807, 2.05) is 43.3 Å². The SMILES string of the molecule is COc1ccc(COc2ccc([C@@H](C)O)cc2C)cc1Br. The van der Waals surface area contributed by atoms with Crippen LogP contribution in [0, 0.1) is 6.92 Å².